The van der Waals surface area contributed by atoms with Gasteiger partial charge in [0.15, 0.2) is 11.0 Å². The van der Waals surface area contributed by atoms with Gasteiger partial charge >= 0.3 is 0 Å². The predicted molar refractivity (Wildman–Crippen MR) is 92.4 cm³/mol. The van der Waals surface area contributed by atoms with Crippen LogP contribution in [0.1, 0.15) is 32.3 Å². The second-order valence-corrected chi connectivity index (χ2v) is 7.22. The Balaban J connectivity index is 1.80. The first-order valence-corrected chi connectivity index (χ1v) is 8.94. The number of nitrogens with one attached hydrogen (secondary N) is 1. The molecule has 1 aromatic carbocycles. The molecule has 2 aromatic rings. The van der Waals surface area contributed by atoms with Gasteiger partial charge in [-0.25, -0.2) is 0 Å². The van der Waals surface area contributed by atoms with Crippen LogP contribution in [0.25, 0.3) is 11.4 Å². The molecule has 6 heteroatoms. The minimum Gasteiger partial charge on any atom is -0.352 e. The number of hydrogen-bond acceptors (Lipinski definition) is 4. The molecule has 1 saturated carbocycles. The summed E-state index contributed by atoms with van der Waals surface area (Å²) in [7, 11) is 0. The molecule has 1 heterocycles. The summed E-state index contributed by atoms with van der Waals surface area (Å²) in [5.41, 5.74) is 2.26. The van der Waals surface area contributed by atoms with E-state index in [1.54, 1.807) is 0 Å². The number of thioether (sulfide) groups is 1. The zero-order valence-corrected chi connectivity index (χ0v) is 14.6. The standard InChI is InChI=1S/C17H22N4OS/c1-4-21-15(14-8-6-5-7-11(14)2)19-20-17(21)23-12(3)16(22)18-13-9-10-13/h5-8,12-13H,4,9-10H2,1-3H3,(H,18,22). The van der Waals surface area contributed by atoms with Crippen LogP contribution in [0.4, 0.5) is 0 Å². The Morgan fingerprint density at radius 2 is 2.13 bits per heavy atom. The number of carbonyl (C=O) groups is 1. The Hall–Kier alpha value is -1.82. The van der Waals surface area contributed by atoms with Gasteiger partial charge in [0.25, 0.3) is 0 Å². The lowest BCUT2D eigenvalue weighted by Gasteiger charge is -2.13. The van der Waals surface area contributed by atoms with Gasteiger partial charge in [-0.15, -0.1) is 10.2 Å². The van der Waals surface area contributed by atoms with E-state index in [-0.39, 0.29) is 11.2 Å². The quantitative estimate of drug-likeness (QED) is 0.827. The molecule has 3 rings (SSSR count). The monoisotopic (exact) mass is 330 g/mol. The number of benzene rings is 1. The lowest BCUT2D eigenvalue weighted by molar-refractivity contribution is -0.120. The average molecular weight is 330 g/mol. The summed E-state index contributed by atoms with van der Waals surface area (Å²) in [6.45, 7) is 6.84. The summed E-state index contributed by atoms with van der Waals surface area (Å²) < 4.78 is 2.08. The van der Waals surface area contributed by atoms with Crippen molar-refractivity contribution in [1.82, 2.24) is 20.1 Å². The van der Waals surface area contributed by atoms with Crippen LogP contribution in [0, 0.1) is 6.92 Å². The molecule has 0 bridgehead atoms. The Kier molecular flexibility index (Phi) is 4.71. The SMILES string of the molecule is CCn1c(SC(C)C(=O)NC2CC2)nnc1-c1ccccc1C. The molecule has 1 fully saturated rings. The van der Waals surface area contributed by atoms with Crippen LogP contribution in [0.5, 0.6) is 0 Å². The van der Waals surface area contributed by atoms with E-state index in [1.165, 1.54) is 17.3 Å². The molecular weight excluding hydrogens is 308 g/mol. The Labute approximate surface area is 140 Å². The van der Waals surface area contributed by atoms with Crippen LogP contribution in [-0.4, -0.2) is 32.0 Å². The topological polar surface area (TPSA) is 59.8 Å². The fourth-order valence-corrected chi connectivity index (χ4v) is 3.36. The Bertz CT molecular complexity index is 708. The second-order valence-electron chi connectivity index (χ2n) is 5.91. The van der Waals surface area contributed by atoms with Crippen molar-refractivity contribution in [3.63, 3.8) is 0 Å². The van der Waals surface area contributed by atoms with Crippen LogP contribution in [0.15, 0.2) is 29.4 Å². The van der Waals surface area contributed by atoms with Gasteiger partial charge in [-0.2, -0.15) is 0 Å². The molecule has 1 aliphatic rings. The van der Waals surface area contributed by atoms with Gasteiger partial charge in [0.05, 0.1) is 5.25 Å². The minimum atomic E-state index is -0.171. The normalized spacial score (nSPS) is 15.4. The highest BCUT2D eigenvalue weighted by molar-refractivity contribution is 8.00. The summed E-state index contributed by atoms with van der Waals surface area (Å²) in [6, 6.07) is 8.55. The highest BCUT2D eigenvalue weighted by Crippen LogP contribution is 2.29. The van der Waals surface area contributed by atoms with Crippen LogP contribution < -0.4 is 5.32 Å². The van der Waals surface area contributed by atoms with Crippen molar-refractivity contribution in [3.8, 4) is 11.4 Å². The van der Waals surface area contributed by atoms with Gasteiger partial charge in [0, 0.05) is 18.2 Å². The number of aryl methyl sites for hydroxylation is 1. The second kappa shape index (κ2) is 6.74. The molecule has 1 aliphatic carbocycles. The number of nitrogens with zero attached hydrogens (tertiary/aromatic N) is 3. The Morgan fingerprint density at radius 3 is 2.78 bits per heavy atom. The van der Waals surface area contributed by atoms with Crippen molar-refractivity contribution in [2.45, 2.75) is 56.6 Å². The molecule has 1 atom stereocenters. The zero-order valence-electron chi connectivity index (χ0n) is 13.7. The summed E-state index contributed by atoms with van der Waals surface area (Å²) in [5.74, 6) is 0.948. The maximum atomic E-state index is 12.1. The van der Waals surface area contributed by atoms with E-state index in [2.05, 4.69) is 46.1 Å². The largest absolute Gasteiger partial charge is 0.352 e. The molecule has 0 saturated heterocycles. The number of hydrogen-bond donors (Lipinski definition) is 1. The van der Waals surface area contributed by atoms with Gasteiger partial charge in [-0.05, 0) is 39.2 Å². The number of carbonyl (C=O) groups excluding carboxylic acids is 1. The van der Waals surface area contributed by atoms with Crippen molar-refractivity contribution in [1.29, 1.82) is 0 Å². The van der Waals surface area contributed by atoms with Crippen molar-refractivity contribution < 1.29 is 4.79 Å². The Morgan fingerprint density at radius 1 is 1.39 bits per heavy atom. The molecule has 1 amide bonds. The van der Waals surface area contributed by atoms with Crippen molar-refractivity contribution in [2.75, 3.05) is 0 Å². The van der Waals surface area contributed by atoms with E-state index in [0.717, 1.165) is 35.9 Å². The maximum absolute atomic E-state index is 12.1. The molecule has 122 valence electrons. The summed E-state index contributed by atoms with van der Waals surface area (Å²) in [5, 5.41) is 12.3. The van der Waals surface area contributed by atoms with Gasteiger partial charge in [0.1, 0.15) is 0 Å². The van der Waals surface area contributed by atoms with E-state index >= 15 is 0 Å². The third-order valence-electron chi connectivity index (χ3n) is 3.99. The van der Waals surface area contributed by atoms with E-state index in [0.29, 0.717) is 6.04 Å². The van der Waals surface area contributed by atoms with E-state index < -0.39 is 0 Å². The number of amides is 1. The van der Waals surface area contributed by atoms with Gasteiger partial charge in [0.2, 0.25) is 5.91 Å². The summed E-state index contributed by atoms with van der Waals surface area (Å²) >= 11 is 1.47. The predicted octanol–water partition coefficient (Wildman–Crippen LogP) is 3.03. The van der Waals surface area contributed by atoms with Crippen LogP contribution in [0.3, 0.4) is 0 Å². The number of aromatic nitrogens is 3. The van der Waals surface area contributed by atoms with Crippen LogP contribution in [0.2, 0.25) is 0 Å². The van der Waals surface area contributed by atoms with Gasteiger partial charge in [-0.3, -0.25) is 4.79 Å². The lowest BCUT2D eigenvalue weighted by atomic mass is 10.1. The fourth-order valence-electron chi connectivity index (χ4n) is 2.44. The van der Waals surface area contributed by atoms with Crippen molar-refractivity contribution in [3.05, 3.63) is 29.8 Å². The first-order valence-electron chi connectivity index (χ1n) is 8.06. The summed E-state index contributed by atoms with van der Waals surface area (Å²) in [4.78, 5) is 12.1. The first-order chi connectivity index (χ1) is 11.1. The third kappa shape index (κ3) is 3.58. The first kappa shape index (κ1) is 16.1. The molecule has 0 radical (unpaired) electrons. The van der Waals surface area contributed by atoms with Crippen molar-refractivity contribution in [2.24, 2.45) is 0 Å². The van der Waals surface area contributed by atoms with E-state index in [1.807, 2.05) is 19.1 Å². The average Bonchev–Trinajstić information content (AvgIpc) is 3.26. The van der Waals surface area contributed by atoms with Gasteiger partial charge in [-0.1, -0.05) is 36.0 Å². The zero-order chi connectivity index (χ0) is 16.4. The lowest BCUT2D eigenvalue weighted by Crippen LogP contribution is -2.32. The van der Waals surface area contributed by atoms with E-state index in [9.17, 15) is 4.79 Å². The van der Waals surface area contributed by atoms with Crippen LogP contribution >= 0.6 is 11.8 Å². The third-order valence-corrected chi connectivity index (χ3v) is 5.07. The highest BCUT2D eigenvalue weighted by Gasteiger charge is 2.27. The molecule has 1 unspecified atom stereocenters. The molecule has 0 aliphatic heterocycles. The fraction of sp³-hybridized carbons (Fsp3) is 0.471. The van der Waals surface area contributed by atoms with Crippen molar-refractivity contribution >= 4 is 17.7 Å². The number of rotatable bonds is 6. The smallest absolute Gasteiger partial charge is 0.233 e. The maximum Gasteiger partial charge on any atom is 0.233 e. The van der Waals surface area contributed by atoms with Crippen LogP contribution in [-0.2, 0) is 11.3 Å². The highest BCUT2D eigenvalue weighted by atomic mass is 32.2. The molecule has 0 spiro atoms. The minimum absolute atomic E-state index is 0.0839. The summed E-state index contributed by atoms with van der Waals surface area (Å²) in [6.07, 6.45) is 2.21. The molecule has 1 N–H and O–H groups in total. The molecule has 23 heavy (non-hydrogen) atoms. The van der Waals surface area contributed by atoms with Gasteiger partial charge < -0.3 is 9.88 Å². The molecule has 1 aromatic heterocycles. The molecular formula is C17H22N4OS. The van der Waals surface area contributed by atoms with E-state index in [4.69, 9.17) is 0 Å². The molecule has 5 nitrogen and oxygen atoms in total.